The van der Waals surface area contributed by atoms with Crippen LogP contribution >= 0.6 is 11.6 Å². The molecule has 1 atom stereocenters. The number of likely N-dealkylation sites (tertiary alicyclic amines) is 1. The molecule has 2 aromatic carbocycles. The number of rotatable bonds is 6. The van der Waals surface area contributed by atoms with Crippen LogP contribution in [0.25, 0.3) is 0 Å². The number of hydrogen-bond acceptors (Lipinski definition) is 2. The number of halogens is 2. The molecule has 0 spiro atoms. The smallest absolute Gasteiger partial charge is 0.256 e. The van der Waals surface area contributed by atoms with E-state index in [0.29, 0.717) is 19.7 Å². The van der Waals surface area contributed by atoms with Crippen molar-refractivity contribution >= 4 is 17.5 Å². The van der Waals surface area contributed by atoms with Crippen LogP contribution in [0, 0.1) is 5.82 Å². The Morgan fingerprint density at radius 3 is 2.80 bits per heavy atom. The molecule has 5 heteroatoms. The van der Waals surface area contributed by atoms with E-state index < -0.39 is 5.82 Å². The SMILES string of the molecule is O=C(c1ccc(Cl)cc1F)N1CC[C@H](OCCCc2ccccc2)C1. The quantitative estimate of drug-likeness (QED) is 0.716. The summed E-state index contributed by atoms with van der Waals surface area (Å²) < 4.78 is 19.8. The van der Waals surface area contributed by atoms with E-state index >= 15 is 0 Å². The molecule has 1 aliphatic heterocycles. The second kappa shape index (κ2) is 8.45. The van der Waals surface area contributed by atoms with Gasteiger partial charge < -0.3 is 9.64 Å². The Kier molecular flexibility index (Phi) is 6.05. The van der Waals surface area contributed by atoms with Gasteiger partial charge in [0.15, 0.2) is 0 Å². The van der Waals surface area contributed by atoms with Gasteiger partial charge in [0.2, 0.25) is 0 Å². The van der Waals surface area contributed by atoms with Gasteiger partial charge in [0.1, 0.15) is 5.82 Å². The van der Waals surface area contributed by atoms with E-state index in [1.165, 1.54) is 23.8 Å². The second-order valence-electron chi connectivity index (χ2n) is 6.25. The van der Waals surface area contributed by atoms with Crippen LogP contribution in [-0.2, 0) is 11.2 Å². The van der Waals surface area contributed by atoms with E-state index in [2.05, 4.69) is 12.1 Å². The zero-order valence-corrected chi connectivity index (χ0v) is 14.7. The lowest BCUT2D eigenvalue weighted by molar-refractivity contribution is 0.0523. The van der Waals surface area contributed by atoms with E-state index in [4.69, 9.17) is 16.3 Å². The van der Waals surface area contributed by atoms with Crippen molar-refractivity contribution in [2.45, 2.75) is 25.4 Å². The van der Waals surface area contributed by atoms with Gasteiger partial charge in [-0.3, -0.25) is 4.79 Å². The summed E-state index contributed by atoms with van der Waals surface area (Å²) in [6.07, 6.45) is 2.73. The third-order valence-electron chi connectivity index (χ3n) is 4.40. The molecule has 132 valence electrons. The fraction of sp³-hybridized carbons (Fsp3) is 0.350. The number of ether oxygens (including phenoxy) is 1. The highest BCUT2D eigenvalue weighted by Gasteiger charge is 2.28. The molecular formula is C20H21ClFNO2. The van der Waals surface area contributed by atoms with Gasteiger partial charge in [-0.1, -0.05) is 41.9 Å². The van der Waals surface area contributed by atoms with E-state index in [0.717, 1.165) is 19.3 Å². The average molecular weight is 362 g/mol. The Hall–Kier alpha value is -1.91. The predicted octanol–water partition coefficient (Wildman–Crippen LogP) is 4.34. The number of aryl methyl sites for hydroxylation is 1. The molecule has 0 unspecified atom stereocenters. The van der Waals surface area contributed by atoms with Crippen molar-refractivity contribution in [3.8, 4) is 0 Å². The van der Waals surface area contributed by atoms with Gasteiger partial charge in [0, 0.05) is 24.7 Å². The predicted molar refractivity (Wildman–Crippen MR) is 96.4 cm³/mol. The van der Waals surface area contributed by atoms with Gasteiger partial charge in [-0.05, 0) is 43.0 Å². The number of hydrogen-bond donors (Lipinski definition) is 0. The zero-order chi connectivity index (χ0) is 17.6. The molecule has 2 aromatic rings. The first-order valence-corrected chi connectivity index (χ1v) is 8.91. The first kappa shape index (κ1) is 17.9. The van der Waals surface area contributed by atoms with Crippen LogP contribution in [0.5, 0.6) is 0 Å². The molecule has 0 N–H and O–H groups in total. The molecule has 0 saturated carbocycles. The van der Waals surface area contributed by atoms with Crippen LogP contribution in [0.2, 0.25) is 5.02 Å². The molecule has 25 heavy (non-hydrogen) atoms. The highest BCUT2D eigenvalue weighted by molar-refractivity contribution is 6.30. The summed E-state index contributed by atoms with van der Waals surface area (Å²) >= 11 is 5.73. The minimum atomic E-state index is -0.579. The van der Waals surface area contributed by atoms with Crippen molar-refractivity contribution in [3.63, 3.8) is 0 Å². The van der Waals surface area contributed by atoms with Crippen molar-refractivity contribution in [3.05, 3.63) is 70.5 Å². The fourth-order valence-electron chi connectivity index (χ4n) is 3.05. The molecule has 0 bridgehead atoms. The monoisotopic (exact) mass is 361 g/mol. The van der Waals surface area contributed by atoms with Crippen LogP contribution in [-0.4, -0.2) is 36.6 Å². The Bertz CT molecular complexity index is 723. The summed E-state index contributed by atoms with van der Waals surface area (Å²) in [5, 5.41) is 0.287. The average Bonchev–Trinajstić information content (AvgIpc) is 3.08. The van der Waals surface area contributed by atoms with Crippen LogP contribution in [0.4, 0.5) is 4.39 Å². The van der Waals surface area contributed by atoms with Gasteiger partial charge in [-0.15, -0.1) is 0 Å². The Balaban J connectivity index is 1.44. The first-order valence-electron chi connectivity index (χ1n) is 8.53. The van der Waals surface area contributed by atoms with E-state index in [1.807, 2.05) is 18.2 Å². The second-order valence-corrected chi connectivity index (χ2v) is 6.68. The summed E-state index contributed by atoms with van der Waals surface area (Å²) in [5.41, 5.74) is 1.36. The minimum Gasteiger partial charge on any atom is -0.376 e. The van der Waals surface area contributed by atoms with Gasteiger partial charge in [-0.25, -0.2) is 4.39 Å². The third-order valence-corrected chi connectivity index (χ3v) is 4.64. The zero-order valence-electron chi connectivity index (χ0n) is 14.0. The Morgan fingerprint density at radius 2 is 2.04 bits per heavy atom. The molecule has 1 fully saturated rings. The molecule has 3 nitrogen and oxygen atoms in total. The molecular weight excluding hydrogens is 341 g/mol. The lowest BCUT2D eigenvalue weighted by Crippen LogP contribution is -2.30. The van der Waals surface area contributed by atoms with Gasteiger partial charge >= 0.3 is 0 Å². The largest absolute Gasteiger partial charge is 0.376 e. The highest BCUT2D eigenvalue weighted by atomic mass is 35.5. The number of benzene rings is 2. The molecule has 1 amide bonds. The lowest BCUT2D eigenvalue weighted by Gasteiger charge is -2.17. The van der Waals surface area contributed by atoms with Crippen molar-refractivity contribution in [1.82, 2.24) is 4.90 Å². The minimum absolute atomic E-state index is 0.0232. The molecule has 1 aliphatic rings. The molecule has 0 radical (unpaired) electrons. The van der Waals surface area contributed by atoms with E-state index in [9.17, 15) is 9.18 Å². The number of carbonyl (C=O) groups excluding carboxylic acids is 1. The normalized spacial score (nSPS) is 17.0. The Morgan fingerprint density at radius 1 is 1.24 bits per heavy atom. The van der Waals surface area contributed by atoms with Crippen LogP contribution < -0.4 is 0 Å². The molecule has 1 saturated heterocycles. The van der Waals surface area contributed by atoms with E-state index in [-0.39, 0.29) is 22.6 Å². The van der Waals surface area contributed by atoms with Gasteiger partial charge in [-0.2, -0.15) is 0 Å². The third kappa shape index (κ3) is 4.80. The summed E-state index contributed by atoms with van der Waals surface area (Å²) in [4.78, 5) is 14.1. The van der Waals surface area contributed by atoms with Crippen molar-refractivity contribution < 1.29 is 13.9 Å². The lowest BCUT2D eigenvalue weighted by atomic mass is 10.1. The van der Waals surface area contributed by atoms with Crippen molar-refractivity contribution in [2.75, 3.05) is 19.7 Å². The van der Waals surface area contributed by atoms with Crippen LogP contribution in [0.1, 0.15) is 28.8 Å². The number of amides is 1. The molecule has 0 aromatic heterocycles. The first-order chi connectivity index (χ1) is 12.1. The summed E-state index contributed by atoms with van der Waals surface area (Å²) in [5.74, 6) is -0.880. The fourth-order valence-corrected chi connectivity index (χ4v) is 3.21. The molecule has 1 heterocycles. The maximum absolute atomic E-state index is 13.9. The number of nitrogens with zero attached hydrogens (tertiary/aromatic N) is 1. The van der Waals surface area contributed by atoms with Crippen LogP contribution in [0.3, 0.4) is 0 Å². The highest BCUT2D eigenvalue weighted by Crippen LogP contribution is 2.20. The van der Waals surface area contributed by atoms with Crippen LogP contribution in [0.15, 0.2) is 48.5 Å². The summed E-state index contributed by atoms with van der Waals surface area (Å²) in [6.45, 7) is 1.76. The van der Waals surface area contributed by atoms with Gasteiger partial charge in [0.25, 0.3) is 5.91 Å². The Labute approximate surface area is 152 Å². The summed E-state index contributed by atoms with van der Waals surface area (Å²) in [6, 6.07) is 14.4. The molecule has 0 aliphatic carbocycles. The van der Waals surface area contributed by atoms with Gasteiger partial charge in [0.05, 0.1) is 11.7 Å². The van der Waals surface area contributed by atoms with E-state index in [1.54, 1.807) is 4.90 Å². The topological polar surface area (TPSA) is 29.5 Å². The number of carbonyl (C=O) groups is 1. The van der Waals surface area contributed by atoms with Crippen molar-refractivity contribution in [1.29, 1.82) is 0 Å². The maximum Gasteiger partial charge on any atom is 0.256 e. The molecule has 3 rings (SSSR count). The summed E-state index contributed by atoms with van der Waals surface area (Å²) in [7, 11) is 0. The maximum atomic E-state index is 13.9. The standard InChI is InChI=1S/C20H21ClFNO2/c21-16-8-9-18(19(22)13-16)20(24)23-11-10-17(14-23)25-12-4-7-15-5-2-1-3-6-15/h1-3,5-6,8-9,13,17H,4,7,10-12,14H2/t17-/m0/s1. The van der Waals surface area contributed by atoms with Crippen molar-refractivity contribution in [2.24, 2.45) is 0 Å².